The van der Waals surface area contributed by atoms with Crippen LogP contribution in [0.15, 0.2) is 40.3 Å². The van der Waals surface area contributed by atoms with Crippen molar-refractivity contribution in [3.05, 3.63) is 45.9 Å². The third-order valence-electron chi connectivity index (χ3n) is 3.27. The number of hydrogen-bond donors (Lipinski definition) is 1. The van der Waals surface area contributed by atoms with E-state index in [2.05, 4.69) is 21.9 Å². The predicted molar refractivity (Wildman–Crippen MR) is 88.2 cm³/mol. The second kappa shape index (κ2) is 5.75. The van der Waals surface area contributed by atoms with Crippen LogP contribution in [0.1, 0.15) is 22.5 Å². The molecule has 0 spiro atoms. The first kappa shape index (κ1) is 13.9. The summed E-state index contributed by atoms with van der Waals surface area (Å²) in [5, 5.41) is 1.11. The zero-order chi connectivity index (χ0) is 14.8. The van der Waals surface area contributed by atoms with Gasteiger partial charge in [0.25, 0.3) is 0 Å². The molecule has 0 aliphatic carbocycles. The molecule has 108 valence electrons. The minimum atomic E-state index is -0.466. The van der Waals surface area contributed by atoms with Gasteiger partial charge in [0.05, 0.1) is 15.6 Å². The molecule has 1 aliphatic heterocycles. The number of thiazole rings is 1. The van der Waals surface area contributed by atoms with E-state index in [9.17, 15) is 0 Å². The number of nitrogens with zero attached hydrogens (tertiary/aromatic N) is 4. The van der Waals surface area contributed by atoms with Crippen LogP contribution in [0.25, 0.3) is 0 Å². The van der Waals surface area contributed by atoms with Crippen molar-refractivity contribution in [1.82, 2.24) is 4.98 Å². The van der Waals surface area contributed by atoms with Crippen molar-refractivity contribution in [2.75, 3.05) is 4.90 Å². The molecule has 0 bridgehead atoms. The molecule has 2 aromatic rings. The van der Waals surface area contributed by atoms with Crippen molar-refractivity contribution in [2.45, 2.75) is 26.6 Å². The van der Waals surface area contributed by atoms with E-state index in [0.29, 0.717) is 0 Å². The molecule has 0 radical (unpaired) electrons. The van der Waals surface area contributed by atoms with Gasteiger partial charge in [0.1, 0.15) is 6.34 Å². The highest BCUT2D eigenvalue weighted by Crippen LogP contribution is 2.26. The van der Waals surface area contributed by atoms with Crippen LogP contribution >= 0.6 is 11.3 Å². The Kier molecular flexibility index (Phi) is 3.81. The van der Waals surface area contributed by atoms with Gasteiger partial charge in [-0.25, -0.2) is 15.0 Å². The lowest BCUT2D eigenvalue weighted by Gasteiger charge is -2.30. The van der Waals surface area contributed by atoms with Gasteiger partial charge < -0.3 is 0 Å². The van der Waals surface area contributed by atoms with Crippen LogP contribution in [0.2, 0.25) is 0 Å². The molecule has 3 rings (SSSR count). The molecule has 1 aromatic heterocycles. The molecule has 1 aromatic carbocycles. The summed E-state index contributed by atoms with van der Waals surface area (Å²) in [4.78, 5) is 16.2. The third kappa shape index (κ3) is 2.59. The van der Waals surface area contributed by atoms with Crippen molar-refractivity contribution < 1.29 is 0 Å². The SMILES string of the molecule is CCc1nc(C)c(C2=NC=NC(N)N2c2ccccc2)s1. The molecular weight excluding hydrogens is 282 g/mol. The first-order valence-electron chi connectivity index (χ1n) is 6.86. The molecule has 21 heavy (non-hydrogen) atoms. The summed E-state index contributed by atoms with van der Waals surface area (Å²) in [7, 11) is 0. The van der Waals surface area contributed by atoms with E-state index in [1.165, 1.54) is 6.34 Å². The second-order valence-electron chi connectivity index (χ2n) is 4.71. The standard InChI is InChI=1S/C15H17N5S/c1-3-12-19-10(2)13(21-12)14-17-9-18-15(16)20(14)11-7-5-4-6-8-11/h4-9,15H,3,16H2,1-2H3. The number of hydrogen-bond acceptors (Lipinski definition) is 6. The lowest BCUT2D eigenvalue weighted by molar-refractivity contribution is 0.728. The summed E-state index contributed by atoms with van der Waals surface area (Å²) >= 11 is 1.67. The predicted octanol–water partition coefficient (Wildman–Crippen LogP) is 2.55. The van der Waals surface area contributed by atoms with Gasteiger partial charge in [-0.3, -0.25) is 10.6 Å². The highest BCUT2D eigenvalue weighted by Gasteiger charge is 2.26. The number of nitrogens with two attached hydrogens (primary N) is 1. The normalized spacial score (nSPS) is 18.0. The van der Waals surface area contributed by atoms with Crippen molar-refractivity contribution in [1.29, 1.82) is 0 Å². The summed E-state index contributed by atoms with van der Waals surface area (Å²) in [5.74, 6) is 0.818. The maximum absolute atomic E-state index is 6.16. The van der Waals surface area contributed by atoms with Crippen molar-refractivity contribution in [3.63, 3.8) is 0 Å². The van der Waals surface area contributed by atoms with Crippen LogP contribution in [0.4, 0.5) is 5.69 Å². The van der Waals surface area contributed by atoms with Gasteiger partial charge in [0.15, 0.2) is 12.1 Å². The fourth-order valence-electron chi connectivity index (χ4n) is 2.25. The van der Waals surface area contributed by atoms with E-state index in [1.807, 2.05) is 42.2 Å². The van der Waals surface area contributed by atoms with Crippen LogP contribution in [-0.4, -0.2) is 23.4 Å². The van der Waals surface area contributed by atoms with Gasteiger partial charge in [0, 0.05) is 5.69 Å². The van der Waals surface area contributed by atoms with Gasteiger partial charge >= 0.3 is 0 Å². The lowest BCUT2D eigenvalue weighted by atomic mass is 10.2. The minimum absolute atomic E-state index is 0.466. The van der Waals surface area contributed by atoms with Gasteiger partial charge in [-0.15, -0.1) is 11.3 Å². The first-order chi connectivity index (χ1) is 10.2. The number of amidine groups is 1. The summed E-state index contributed by atoms with van der Waals surface area (Å²) in [6.07, 6.45) is 1.99. The van der Waals surface area contributed by atoms with Crippen LogP contribution in [0.3, 0.4) is 0 Å². The zero-order valence-electron chi connectivity index (χ0n) is 12.0. The number of aliphatic imine (C=N–C) groups is 2. The number of benzene rings is 1. The van der Waals surface area contributed by atoms with Crippen LogP contribution < -0.4 is 10.6 Å². The zero-order valence-corrected chi connectivity index (χ0v) is 12.8. The van der Waals surface area contributed by atoms with Gasteiger partial charge in [0.2, 0.25) is 0 Å². The largest absolute Gasteiger partial charge is 0.292 e. The molecule has 6 heteroatoms. The Morgan fingerprint density at radius 3 is 2.71 bits per heavy atom. The molecule has 0 amide bonds. The number of anilines is 1. The molecule has 2 heterocycles. The summed E-state index contributed by atoms with van der Waals surface area (Å²) in [6.45, 7) is 4.11. The second-order valence-corrected chi connectivity index (χ2v) is 5.80. The Morgan fingerprint density at radius 2 is 2.05 bits per heavy atom. The Balaban J connectivity index is 2.07. The molecule has 0 saturated heterocycles. The van der Waals surface area contributed by atoms with Crippen molar-refractivity contribution >= 4 is 29.2 Å². The van der Waals surface area contributed by atoms with E-state index in [0.717, 1.165) is 33.5 Å². The number of aromatic nitrogens is 1. The smallest absolute Gasteiger partial charge is 0.180 e. The quantitative estimate of drug-likeness (QED) is 0.947. The first-order valence-corrected chi connectivity index (χ1v) is 7.68. The fourth-order valence-corrected chi connectivity index (χ4v) is 3.25. The summed E-state index contributed by atoms with van der Waals surface area (Å²) in [6, 6.07) is 9.96. The van der Waals surface area contributed by atoms with Crippen LogP contribution in [-0.2, 0) is 6.42 Å². The number of aryl methyl sites for hydroxylation is 2. The Bertz CT molecular complexity index is 689. The molecular formula is C15H17N5S. The van der Waals surface area contributed by atoms with Crippen LogP contribution in [0.5, 0.6) is 0 Å². The van der Waals surface area contributed by atoms with Gasteiger partial charge in [-0.2, -0.15) is 0 Å². The molecule has 0 saturated carbocycles. The Morgan fingerprint density at radius 1 is 1.29 bits per heavy atom. The molecule has 0 fully saturated rings. The van der Waals surface area contributed by atoms with Gasteiger partial charge in [-0.05, 0) is 25.5 Å². The molecule has 1 unspecified atom stereocenters. The minimum Gasteiger partial charge on any atom is -0.292 e. The van der Waals surface area contributed by atoms with Gasteiger partial charge in [-0.1, -0.05) is 25.1 Å². The van der Waals surface area contributed by atoms with Crippen molar-refractivity contribution in [3.8, 4) is 0 Å². The maximum Gasteiger partial charge on any atom is 0.180 e. The Hall–Kier alpha value is -2.05. The molecule has 5 nitrogen and oxygen atoms in total. The third-order valence-corrected chi connectivity index (χ3v) is 4.57. The summed E-state index contributed by atoms with van der Waals surface area (Å²) in [5.41, 5.74) is 8.12. The molecule has 1 aliphatic rings. The maximum atomic E-state index is 6.16. The summed E-state index contributed by atoms with van der Waals surface area (Å²) < 4.78 is 0. The average Bonchev–Trinajstić information content (AvgIpc) is 2.89. The van der Waals surface area contributed by atoms with E-state index < -0.39 is 6.29 Å². The van der Waals surface area contributed by atoms with Crippen LogP contribution in [0, 0.1) is 6.92 Å². The van der Waals surface area contributed by atoms with E-state index in [1.54, 1.807) is 11.3 Å². The number of rotatable bonds is 3. The fraction of sp³-hybridized carbons (Fsp3) is 0.267. The average molecular weight is 299 g/mol. The highest BCUT2D eigenvalue weighted by molar-refractivity contribution is 7.14. The Labute approximate surface area is 127 Å². The highest BCUT2D eigenvalue weighted by atomic mass is 32.1. The van der Waals surface area contributed by atoms with E-state index in [4.69, 9.17) is 5.73 Å². The topological polar surface area (TPSA) is 66.9 Å². The molecule has 2 N–H and O–H groups in total. The van der Waals surface area contributed by atoms with E-state index >= 15 is 0 Å². The number of para-hydroxylation sites is 1. The van der Waals surface area contributed by atoms with Crippen molar-refractivity contribution in [2.24, 2.45) is 15.7 Å². The van der Waals surface area contributed by atoms with E-state index in [-0.39, 0.29) is 0 Å². The molecule has 1 atom stereocenters. The monoisotopic (exact) mass is 299 g/mol. The lowest BCUT2D eigenvalue weighted by Crippen LogP contribution is -2.47.